The lowest BCUT2D eigenvalue weighted by Crippen LogP contribution is -2.37. The third-order valence-electron chi connectivity index (χ3n) is 4.73. The van der Waals surface area contributed by atoms with Crippen molar-refractivity contribution in [1.29, 1.82) is 0 Å². The van der Waals surface area contributed by atoms with Crippen LogP contribution in [-0.4, -0.2) is 42.9 Å². The van der Waals surface area contributed by atoms with E-state index in [1.54, 1.807) is 14.2 Å². The van der Waals surface area contributed by atoms with Crippen molar-refractivity contribution < 1.29 is 9.47 Å². The molecule has 0 saturated heterocycles. The third kappa shape index (κ3) is 5.26. The number of nitrogens with zero attached hydrogens (tertiary/aromatic N) is 3. The maximum absolute atomic E-state index is 5.86. The molecule has 0 aliphatic carbocycles. The first-order valence-electron chi connectivity index (χ1n) is 9.68. The summed E-state index contributed by atoms with van der Waals surface area (Å²) in [6.07, 6.45) is 0. The van der Waals surface area contributed by atoms with Gasteiger partial charge in [-0.05, 0) is 30.7 Å². The standard InChI is InChI=1S/C22H29N5O2/c1-16-9-10-17(20(13-16)29-12-11-28-4)14-24-22(23-2)25-15-21-26-18-7-5-6-8-19(18)27(21)3/h5-10,13H,11-12,14-15H2,1-4H3,(H2,23,24,25). The molecule has 0 fully saturated rings. The Morgan fingerprint density at radius 2 is 1.90 bits per heavy atom. The predicted octanol–water partition coefficient (Wildman–Crippen LogP) is 2.77. The number of aliphatic imine (C=N–C) groups is 1. The second-order valence-electron chi connectivity index (χ2n) is 6.81. The molecule has 7 nitrogen and oxygen atoms in total. The summed E-state index contributed by atoms with van der Waals surface area (Å²) in [6, 6.07) is 14.3. The van der Waals surface area contributed by atoms with E-state index in [2.05, 4.69) is 50.3 Å². The van der Waals surface area contributed by atoms with Gasteiger partial charge in [0.25, 0.3) is 0 Å². The van der Waals surface area contributed by atoms with E-state index in [0.717, 1.165) is 33.7 Å². The van der Waals surface area contributed by atoms with Crippen LogP contribution in [0.2, 0.25) is 0 Å². The molecule has 0 saturated carbocycles. The van der Waals surface area contributed by atoms with Gasteiger partial charge in [-0.3, -0.25) is 4.99 Å². The average molecular weight is 396 g/mol. The van der Waals surface area contributed by atoms with E-state index < -0.39 is 0 Å². The van der Waals surface area contributed by atoms with Gasteiger partial charge in [0.2, 0.25) is 0 Å². The van der Waals surface area contributed by atoms with E-state index in [0.29, 0.717) is 32.3 Å². The first-order chi connectivity index (χ1) is 14.1. The summed E-state index contributed by atoms with van der Waals surface area (Å²) in [6.45, 7) is 4.31. The number of rotatable bonds is 8. The Balaban J connectivity index is 1.61. The first-order valence-corrected chi connectivity index (χ1v) is 9.68. The number of nitrogens with one attached hydrogen (secondary N) is 2. The van der Waals surface area contributed by atoms with Crippen molar-refractivity contribution >= 4 is 17.0 Å². The van der Waals surface area contributed by atoms with Gasteiger partial charge in [0.05, 0.1) is 24.2 Å². The highest BCUT2D eigenvalue weighted by Gasteiger charge is 2.09. The molecule has 0 spiro atoms. The Bertz CT molecular complexity index is 980. The molecular formula is C22H29N5O2. The molecule has 0 atom stereocenters. The highest BCUT2D eigenvalue weighted by molar-refractivity contribution is 5.80. The fourth-order valence-corrected chi connectivity index (χ4v) is 3.09. The summed E-state index contributed by atoms with van der Waals surface area (Å²) < 4.78 is 13.0. The minimum absolute atomic E-state index is 0.520. The van der Waals surface area contributed by atoms with Gasteiger partial charge in [-0.15, -0.1) is 0 Å². The highest BCUT2D eigenvalue weighted by Crippen LogP contribution is 2.20. The number of fused-ring (bicyclic) bond motifs is 1. The van der Waals surface area contributed by atoms with Gasteiger partial charge in [-0.2, -0.15) is 0 Å². The van der Waals surface area contributed by atoms with Crippen LogP contribution in [0.4, 0.5) is 0 Å². The molecule has 7 heteroatoms. The van der Waals surface area contributed by atoms with E-state index in [1.165, 1.54) is 0 Å². The molecule has 2 N–H and O–H groups in total. The molecule has 0 unspecified atom stereocenters. The van der Waals surface area contributed by atoms with Gasteiger partial charge in [0.15, 0.2) is 5.96 Å². The van der Waals surface area contributed by atoms with Crippen molar-refractivity contribution in [2.45, 2.75) is 20.0 Å². The zero-order valence-corrected chi connectivity index (χ0v) is 17.5. The molecule has 3 rings (SSSR count). The molecule has 154 valence electrons. The number of aryl methyl sites for hydroxylation is 2. The quantitative estimate of drug-likeness (QED) is 0.349. The Hall–Kier alpha value is -3.06. The Morgan fingerprint density at radius 1 is 1.10 bits per heavy atom. The molecular weight excluding hydrogens is 366 g/mol. The lowest BCUT2D eigenvalue weighted by atomic mass is 10.1. The van der Waals surface area contributed by atoms with E-state index in [1.807, 2.05) is 31.3 Å². The molecule has 0 amide bonds. The largest absolute Gasteiger partial charge is 0.491 e. The van der Waals surface area contributed by atoms with Gasteiger partial charge < -0.3 is 24.7 Å². The zero-order valence-electron chi connectivity index (χ0n) is 17.5. The zero-order chi connectivity index (χ0) is 20.6. The average Bonchev–Trinajstić information content (AvgIpc) is 3.05. The summed E-state index contributed by atoms with van der Waals surface area (Å²) >= 11 is 0. The second-order valence-corrected chi connectivity index (χ2v) is 6.81. The van der Waals surface area contributed by atoms with Crippen molar-refractivity contribution in [3.8, 4) is 5.75 Å². The third-order valence-corrected chi connectivity index (χ3v) is 4.73. The van der Waals surface area contributed by atoms with Crippen molar-refractivity contribution in [2.24, 2.45) is 12.0 Å². The number of aromatic nitrogens is 2. The number of methoxy groups -OCH3 is 1. The second kappa shape index (κ2) is 9.93. The Kier molecular flexibility index (Phi) is 7.08. The van der Waals surface area contributed by atoms with E-state index >= 15 is 0 Å². The van der Waals surface area contributed by atoms with Crippen LogP contribution in [0.25, 0.3) is 11.0 Å². The summed E-state index contributed by atoms with van der Waals surface area (Å²) in [4.78, 5) is 9.01. The summed E-state index contributed by atoms with van der Waals surface area (Å²) in [5, 5.41) is 6.69. The number of hydrogen-bond donors (Lipinski definition) is 2. The molecule has 0 aliphatic heterocycles. The molecule has 2 aromatic carbocycles. The van der Waals surface area contributed by atoms with Crippen molar-refractivity contribution in [2.75, 3.05) is 27.4 Å². The first kappa shape index (κ1) is 20.7. The summed E-state index contributed by atoms with van der Waals surface area (Å²) in [5.74, 6) is 2.52. The summed E-state index contributed by atoms with van der Waals surface area (Å²) in [5.41, 5.74) is 4.33. The van der Waals surface area contributed by atoms with Crippen LogP contribution in [-0.2, 0) is 24.9 Å². The van der Waals surface area contributed by atoms with Crippen LogP contribution in [0.1, 0.15) is 17.0 Å². The van der Waals surface area contributed by atoms with Crippen LogP contribution in [0.15, 0.2) is 47.5 Å². The topological polar surface area (TPSA) is 72.7 Å². The van der Waals surface area contributed by atoms with Gasteiger partial charge >= 0.3 is 0 Å². The predicted molar refractivity (Wildman–Crippen MR) is 116 cm³/mol. The highest BCUT2D eigenvalue weighted by atomic mass is 16.5. The molecule has 0 radical (unpaired) electrons. The van der Waals surface area contributed by atoms with Gasteiger partial charge in [0.1, 0.15) is 18.2 Å². The lowest BCUT2D eigenvalue weighted by Gasteiger charge is -2.15. The summed E-state index contributed by atoms with van der Waals surface area (Å²) in [7, 11) is 5.45. The van der Waals surface area contributed by atoms with Crippen LogP contribution >= 0.6 is 0 Å². The van der Waals surface area contributed by atoms with Crippen LogP contribution in [0, 0.1) is 6.92 Å². The minimum Gasteiger partial charge on any atom is -0.491 e. The SMILES string of the molecule is CN=C(NCc1ccc(C)cc1OCCOC)NCc1nc2ccccc2n1C. The number of hydrogen-bond acceptors (Lipinski definition) is 4. The van der Waals surface area contributed by atoms with Crippen LogP contribution in [0.3, 0.4) is 0 Å². The number of ether oxygens (including phenoxy) is 2. The van der Waals surface area contributed by atoms with Crippen LogP contribution < -0.4 is 15.4 Å². The molecule has 0 aliphatic rings. The van der Waals surface area contributed by atoms with E-state index in [9.17, 15) is 0 Å². The fourth-order valence-electron chi connectivity index (χ4n) is 3.09. The van der Waals surface area contributed by atoms with E-state index in [4.69, 9.17) is 9.47 Å². The van der Waals surface area contributed by atoms with Gasteiger partial charge in [-0.25, -0.2) is 4.98 Å². The van der Waals surface area contributed by atoms with Crippen molar-refractivity contribution in [3.63, 3.8) is 0 Å². The molecule has 1 heterocycles. The lowest BCUT2D eigenvalue weighted by molar-refractivity contribution is 0.145. The number of para-hydroxylation sites is 2. The Labute approximate surface area is 171 Å². The smallest absolute Gasteiger partial charge is 0.191 e. The minimum atomic E-state index is 0.520. The fraction of sp³-hybridized carbons (Fsp3) is 0.364. The van der Waals surface area contributed by atoms with E-state index in [-0.39, 0.29) is 0 Å². The van der Waals surface area contributed by atoms with Crippen molar-refractivity contribution in [1.82, 2.24) is 20.2 Å². The normalized spacial score (nSPS) is 11.7. The molecule has 29 heavy (non-hydrogen) atoms. The number of guanidine groups is 1. The van der Waals surface area contributed by atoms with Gasteiger partial charge in [0, 0.05) is 33.3 Å². The maximum atomic E-state index is 5.86. The number of imidazole rings is 1. The maximum Gasteiger partial charge on any atom is 0.191 e. The van der Waals surface area contributed by atoms with Gasteiger partial charge in [-0.1, -0.05) is 24.3 Å². The monoisotopic (exact) mass is 395 g/mol. The Morgan fingerprint density at radius 3 is 2.66 bits per heavy atom. The molecule has 3 aromatic rings. The molecule has 1 aromatic heterocycles. The van der Waals surface area contributed by atoms with Crippen LogP contribution in [0.5, 0.6) is 5.75 Å². The number of benzene rings is 2. The molecule has 0 bridgehead atoms. The van der Waals surface area contributed by atoms with Crippen molar-refractivity contribution in [3.05, 3.63) is 59.4 Å².